The highest BCUT2D eigenvalue weighted by Gasteiger charge is 2.45. The zero-order valence-electron chi connectivity index (χ0n) is 36.1. The van der Waals surface area contributed by atoms with Crippen molar-refractivity contribution in [2.45, 2.75) is 37.3 Å². The fraction of sp³-hybridized carbons (Fsp3) is 0.304. The first-order valence-corrected chi connectivity index (χ1v) is 21.2. The highest BCUT2D eigenvalue weighted by atomic mass is 19.4. The Morgan fingerprint density at radius 2 is 1.37 bits per heavy atom. The van der Waals surface area contributed by atoms with Crippen LogP contribution < -0.4 is 38.2 Å². The van der Waals surface area contributed by atoms with Gasteiger partial charge in [-0.1, -0.05) is 36.4 Å². The molecule has 0 aromatic heterocycles. The van der Waals surface area contributed by atoms with Gasteiger partial charge < -0.3 is 42.1 Å². The first kappa shape index (κ1) is 47.9. The van der Waals surface area contributed by atoms with E-state index >= 15 is 0 Å². The summed E-state index contributed by atoms with van der Waals surface area (Å²) < 4.78 is 82.2. The van der Waals surface area contributed by atoms with Gasteiger partial charge in [0.2, 0.25) is 0 Å². The van der Waals surface area contributed by atoms with Crippen molar-refractivity contribution in [1.29, 1.82) is 0 Å². The number of quaternary nitrogens is 1. The second-order valence-corrected chi connectivity index (χ2v) is 17.0. The Labute approximate surface area is 381 Å². The zero-order valence-corrected chi connectivity index (χ0v) is 36.1. The molecular weight excluding hydrogens is 887 g/mol. The Hall–Kier alpha value is -7.10. The average molecular weight is 936 g/mol. The van der Waals surface area contributed by atoms with Crippen LogP contribution in [-0.2, 0) is 26.7 Å². The Kier molecular flexibility index (Phi) is 13.6. The molecule has 3 aliphatic heterocycles. The van der Waals surface area contributed by atoms with Crippen LogP contribution in [0.4, 0.5) is 53.9 Å². The SMILES string of the molecule is C[N+](CCCN1CC(Nc2cccc(C(F)(F)F)c2)=C([C@H](N)c2ccc(N)cc2)C1=O)(CCCN1CC2=C(C1=O)[C@@H](c1ccc(N)cc1)NC(=O)N2c1cccc(C(F)(F)F)c1)CC(=O)NO. The van der Waals surface area contributed by atoms with Gasteiger partial charge in [-0.2, -0.15) is 26.3 Å². The molecule has 21 heteroatoms. The van der Waals surface area contributed by atoms with E-state index < -0.39 is 59.3 Å². The molecule has 0 saturated heterocycles. The quantitative estimate of drug-likeness (QED) is 0.0234. The number of nitrogens with two attached hydrogens (primary N) is 3. The van der Waals surface area contributed by atoms with Gasteiger partial charge in [0.05, 0.1) is 79.0 Å². The van der Waals surface area contributed by atoms with Gasteiger partial charge in [-0.3, -0.25) is 24.5 Å². The van der Waals surface area contributed by atoms with Crippen molar-refractivity contribution in [2.75, 3.05) is 74.5 Å². The third kappa shape index (κ3) is 10.6. The number of hydroxylamine groups is 1. The van der Waals surface area contributed by atoms with E-state index in [9.17, 15) is 50.7 Å². The van der Waals surface area contributed by atoms with Gasteiger partial charge in [-0.05, 0) is 71.8 Å². The summed E-state index contributed by atoms with van der Waals surface area (Å²) in [5.74, 6) is -1.61. The summed E-state index contributed by atoms with van der Waals surface area (Å²) in [6.07, 6.45) is -8.72. The third-order valence-electron chi connectivity index (χ3n) is 12.1. The number of amides is 5. The fourth-order valence-electron chi connectivity index (χ4n) is 8.72. The topological polar surface area (TPSA) is 212 Å². The Balaban J connectivity index is 1.06. The Bertz CT molecular complexity index is 2600. The highest BCUT2D eigenvalue weighted by Crippen LogP contribution is 2.41. The molecule has 1 unspecified atom stereocenters. The number of nitrogens with one attached hydrogen (secondary N) is 3. The largest absolute Gasteiger partial charge is 0.416 e. The number of carbonyl (C=O) groups is 4. The van der Waals surface area contributed by atoms with Crippen LogP contribution >= 0.6 is 0 Å². The molecule has 0 aliphatic carbocycles. The van der Waals surface area contributed by atoms with Crippen molar-refractivity contribution < 1.29 is 55.2 Å². The van der Waals surface area contributed by atoms with Gasteiger partial charge in [0.25, 0.3) is 17.7 Å². The molecule has 67 heavy (non-hydrogen) atoms. The summed E-state index contributed by atoms with van der Waals surface area (Å²) >= 11 is 0. The summed E-state index contributed by atoms with van der Waals surface area (Å²) in [5, 5.41) is 15.3. The van der Waals surface area contributed by atoms with Crippen molar-refractivity contribution in [3.8, 4) is 0 Å². The molecule has 0 saturated carbocycles. The standard InChI is InChI=1S/C46H48F6N10O5/c1-62(26-37(63)58-67,20-4-18-59-24-35(56-33-8-2-6-29(22-33)45(47,48)49)38(42(59)64)40(55)27-10-14-31(53)15-11-27)21-5-19-60-25-36-39(43(60)65)41(28-12-16-32(54)17-13-28)57-44(66)61(36)34-9-3-7-30(23-34)46(50,51)52/h2-3,6-17,22-23,40-41H,4-5,18-21,24-26,53-55H2,1H3,(H3-,56,57,58,63,64,66,67)/p+1/t40-,41-,62?/m1/s1. The van der Waals surface area contributed by atoms with Crippen LogP contribution in [0.2, 0.25) is 0 Å². The monoisotopic (exact) mass is 935 g/mol. The summed E-state index contributed by atoms with van der Waals surface area (Å²) in [6, 6.07) is 19.2. The number of hydrogen-bond acceptors (Lipinski definition) is 9. The van der Waals surface area contributed by atoms with Gasteiger partial charge in [0.15, 0.2) is 6.54 Å². The minimum absolute atomic E-state index is 0.0189. The normalized spacial score (nSPS) is 18.0. The Morgan fingerprint density at radius 1 is 0.806 bits per heavy atom. The summed E-state index contributed by atoms with van der Waals surface area (Å²) in [6.45, 7) is 0.434. The first-order valence-electron chi connectivity index (χ1n) is 21.2. The zero-order chi connectivity index (χ0) is 48.4. The lowest BCUT2D eigenvalue weighted by Crippen LogP contribution is -2.52. The number of nitrogens with zero attached hydrogens (tertiary/aromatic N) is 4. The Morgan fingerprint density at radius 3 is 1.97 bits per heavy atom. The van der Waals surface area contributed by atoms with Gasteiger partial charge in [0, 0.05) is 48.7 Å². The lowest BCUT2D eigenvalue weighted by atomic mass is 9.95. The summed E-state index contributed by atoms with van der Waals surface area (Å²) in [5.41, 5.74) is 21.0. The van der Waals surface area contributed by atoms with Crippen molar-refractivity contribution >= 4 is 46.5 Å². The number of nitrogen functional groups attached to an aromatic ring is 2. The number of carbonyl (C=O) groups excluding carboxylic acids is 4. The maximum atomic E-state index is 14.3. The number of alkyl halides is 6. The number of likely N-dealkylation sites (N-methyl/N-ethyl adjacent to an activating group) is 1. The van der Waals surface area contributed by atoms with Crippen molar-refractivity contribution in [3.63, 3.8) is 0 Å². The predicted octanol–water partition coefficient (Wildman–Crippen LogP) is 5.90. The number of benzene rings is 4. The molecule has 0 fully saturated rings. The molecule has 3 heterocycles. The third-order valence-corrected chi connectivity index (χ3v) is 12.1. The second kappa shape index (κ2) is 19.0. The van der Waals surface area contributed by atoms with E-state index in [0.717, 1.165) is 29.2 Å². The molecule has 354 valence electrons. The molecule has 0 spiro atoms. The smallest absolute Gasteiger partial charge is 0.399 e. The lowest BCUT2D eigenvalue weighted by molar-refractivity contribution is -0.902. The molecule has 3 aliphatic rings. The second-order valence-electron chi connectivity index (χ2n) is 17.0. The molecule has 4 aromatic rings. The van der Waals surface area contributed by atoms with Crippen LogP contribution in [0.25, 0.3) is 0 Å². The van der Waals surface area contributed by atoms with E-state index in [1.165, 1.54) is 34.1 Å². The highest BCUT2D eigenvalue weighted by molar-refractivity contribution is 6.07. The molecule has 5 amide bonds. The fourth-order valence-corrected chi connectivity index (χ4v) is 8.72. The van der Waals surface area contributed by atoms with E-state index in [-0.39, 0.29) is 84.9 Å². The number of hydrogen-bond donors (Lipinski definition) is 7. The molecule has 0 bridgehead atoms. The van der Waals surface area contributed by atoms with E-state index in [0.29, 0.717) is 34.6 Å². The van der Waals surface area contributed by atoms with Gasteiger partial charge in [-0.15, -0.1) is 0 Å². The molecule has 4 aromatic carbocycles. The van der Waals surface area contributed by atoms with E-state index in [4.69, 9.17) is 17.2 Å². The van der Waals surface area contributed by atoms with Crippen LogP contribution in [0.1, 0.15) is 47.2 Å². The minimum atomic E-state index is -4.70. The summed E-state index contributed by atoms with van der Waals surface area (Å²) in [4.78, 5) is 58.8. The predicted molar refractivity (Wildman–Crippen MR) is 236 cm³/mol. The number of urea groups is 1. The van der Waals surface area contributed by atoms with Gasteiger partial charge >= 0.3 is 18.4 Å². The maximum absolute atomic E-state index is 14.3. The molecule has 0 radical (unpaired) electrons. The number of halogens is 6. The van der Waals surface area contributed by atoms with E-state index in [1.807, 2.05) is 0 Å². The minimum Gasteiger partial charge on any atom is -0.399 e. The van der Waals surface area contributed by atoms with Crippen molar-refractivity contribution in [2.24, 2.45) is 5.73 Å². The van der Waals surface area contributed by atoms with Crippen LogP contribution in [0, 0.1) is 0 Å². The van der Waals surface area contributed by atoms with Crippen molar-refractivity contribution in [1.82, 2.24) is 20.6 Å². The molecule has 3 atom stereocenters. The lowest BCUT2D eigenvalue weighted by Gasteiger charge is -2.35. The average Bonchev–Trinajstić information content (AvgIpc) is 3.76. The van der Waals surface area contributed by atoms with Crippen LogP contribution in [-0.4, -0.2) is 96.1 Å². The first-order chi connectivity index (χ1) is 31.7. The van der Waals surface area contributed by atoms with Crippen molar-refractivity contribution in [3.05, 3.63) is 142 Å². The summed E-state index contributed by atoms with van der Waals surface area (Å²) in [7, 11) is 1.76. The number of anilines is 4. The molecule has 7 rings (SSSR count). The van der Waals surface area contributed by atoms with Gasteiger partial charge in [0.1, 0.15) is 0 Å². The molecule has 15 nitrogen and oxygen atoms in total. The number of rotatable bonds is 16. The molecular formula is C46H49F6N10O5+. The maximum Gasteiger partial charge on any atom is 0.416 e. The molecule has 10 N–H and O–H groups in total. The van der Waals surface area contributed by atoms with Crippen LogP contribution in [0.15, 0.2) is 120 Å². The van der Waals surface area contributed by atoms with Gasteiger partial charge in [-0.25, -0.2) is 10.3 Å². The van der Waals surface area contributed by atoms with E-state index in [2.05, 4.69) is 10.6 Å². The van der Waals surface area contributed by atoms with E-state index in [1.54, 1.807) is 61.1 Å². The van der Waals surface area contributed by atoms with Crippen LogP contribution in [0.3, 0.4) is 0 Å². The van der Waals surface area contributed by atoms with Crippen LogP contribution in [0.5, 0.6) is 0 Å².